The summed E-state index contributed by atoms with van der Waals surface area (Å²) in [6.45, 7) is 11.6. The summed E-state index contributed by atoms with van der Waals surface area (Å²) in [6, 6.07) is 5.79. The van der Waals surface area contributed by atoms with E-state index in [2.05, 4.69) is 15.1 Å². The lowest BCUT2D eigenvalue weighted by atomic mass is 9.80. The molecule has 12 heteroatoms. The van der Waals surface area contributed by atoms with Gasteiger partial charge in [0, 0.05) is 63.5 Å². The van der Waals surface area contributed by atoms with Crippen LogP contribution in [0.5, 0.6) is 0 Å². The lowest BCUT2D eigenvalue weighted by Crippen LogP contribution is -2.57. The van der Waals surface area contributed by atoms with E-state index < -0.39 is 23.6 Å². The number of benzene rings is 1. The van der Waals surface area contributed by atoms with Crippen LogP contribution in [0.2, 0.25) is 0 Å². The molecule has 1 aromatic heterocycles. The van der Waals surface area contributed by atoms with E-state index in [9.17, 15) is 14.4 Å². The highest BCUT2D eigenvalue weighted by atomic mass is 32.1. The fourth-order valence-electron chi connectivity index (χ4n) is 5.94. The standard InChI is InChI=1S/C31H43N5O6S/c1-6-31(2,3)27(29(39)36-17-24(41-5)26-25(36)23(37)18-42-26)33-28(38)21-9-7-20(8-10-21)22-19-43-30(32-22)35-13-11-34(12-14-35)15-16-40-4/h7-10,19,24-27H,6,11-18H2,1-5H3,(H,33,38)/t24-,25-,26-,27-/m1/s1. The number of methoxy groups -OCH3 is 2. The van der Waals surface area contributed by atoms with E-state index in [1.165, 1.54) is 0 Å². The number of carbonyl (C=O) groups is 3. The minimum absolute atomic E-state index is 0.0362. The first-order valence-electron chi connectivity index (χ1n) is 15.0. The highest BCUT2D eigenvalue weighted by molar-refractivity contribution is 7.14. The monoisotopic (exact) mass is 613 g/mol. The Kier molecular flexibility index (Phi) is 9.82. The summed E-state index contributed by atoms with van der Waals surface area (Å²) in [7, 11) is 3.28. The van der Waals surface area contributed by atoms with Crippen molar-refractivity contribution in [2.24, 2.45) is 5.41 Å². The van der Waals surface area contributed by atoms with Crippen LogP contribution in [-0.4, -0.2) is 123 Å². The van der Waals surface area contributed by atoms with Gasteiger partial charge in [-0.15, -0.1) is 11.3 Å². The van der Waals surface area contributed by atoms with E-state index >= 15 is 0 Å². The number of rotatable bonds is 11. The minimum Gasteiger partial charge on any atom is -0.383 e. The topological polar surface area (TPSA) is 114 Å². The summed E-state index contributed by atoms with van der Waals surface area (Å²) in [5.41, 5.74) is 1.69. The van der Waals surface area contributed by atoms with E-state index in [0.717, 1.165) is 55.7 Å². The predicted octanol–water partition coefficient (Wildman–Crippen LogP) is 2.31. The molecule has 11 nitrogen and oxygen atoms in total. The van der Waals surface area contributed by atoms with Crippen molar-refractivity contribution in [2.75, 3.05) is 71.6 Å². The summed E-state index contributed by atoms with van der Waals surface area (Å²) < 4.78 is 16.4. The zero-order valence-corrected chi connectivity index (χ0v) is 26.5. The molecular formula is C31H43N5O6S. The lowest BCUT2D eigenvalue weighted by molar-refractivity contribution is -0.140. The molecule has 2 aromatic rings. The fraction of sp³-hybridized carbons (Fsp3) is 0.613. The third-order valence-electron chi connectivity index (χ3n) is 9.13. The number of hydrogen-bond acceptors (Lipinski definition) is 10. The Labute approximate surface area is 257 Å². The van der Waals surface area contributed by atoms with Crippen LogP contribution >= 0.6 is 11.3 Å². The summed E-state index contributed by atoms with van der Waals surface area (Å²) in [4.78, 5) is 51.2. The molecule has 3 aliphatic heterocycles. The summed E-state index contributed by atoms with van der Waals surface area (Å²) in [5.74, 6) is -0.771. The largest absolute Gasteiger partial charge is 0.383 e. The number of aromatic nitrogens is 1. The van der Waals surface area contributed by atoms with Crippen LogP contribution in [0.15, 0.2) is 29.6 Å². The van der Waals surface area contributed by atoms with E-state index in [-0.39, 0.29) is 36.9 Å². The number of piperazine rings is 1. The molecule has 4 atom stereocenters. The van der Waals surface area contributed by atoms with Gasteiger partial charge in [-0.3, -0.25) is 19.3 Å². The van der Waals surface area contributed by atoms with E-state index in [0.29, 0.717) is 12.0 Å². The SMILES string of the molecule is CCC(C)(C)[C@H](NC(=O)c1ccc(-c2csc(N3CCN(CCOC)CC3)n2)cc1)C(=O)N1C[C@@H](OC)[C@H]2OCC(=O)[C@H]21. The van der Waals surface area contributed by atoms with Crippen molar-refractivity contribution < 1.29 is 28.6 Å². The van der Waals surface area contributed by atoms with Crippen molar-refractivity contribution in [2.45, 2.75) is 51.5 Å². The van der Waals surface area contributed by atoms with Gasteiger partial charge in [0.1, 0.15) is 30.9 Å². The van der Waals surface area contributed by atoms with Crippen LogP contribution in [0.4, 0.5) is 5.13 Å². The predicted molar refractivity (Wildman–Crippen MR) is 164 cm³/mol. The van der Waals surface area contributed by atoms with Gasteiger partial charge < -0.3 is 29.3 Å². The first kappa shape index (κ1) is 31.5. The number of ether oxygens (including phenoxy) is 3. The first-order chi connectivity index (χ1) is 20.7. The van der Waals surface area contributed by atoms with Crippen LogP contribution in [0.25, 0.3) is 11.3 Å². The Balaban J connectivity index is 1.25. The maximum atomic E-state index is 13.9. The molecule has 3 aliphatic rings. The minimum atomic E-state index is -0.828. The quantitative estimate of drug-likeness (QED) is 0.408. The van der Waals surface area contributed by atoms with Crippen molar-refractivity contribution in [1.29, 1.82) is 0 Å². The Bertz CT molecular complexity index is 1290. The van der Waals surface area contributed by atoms with Gasteiger partial charge in [-0.2, -0.15) is 0 Å². The van der Waals surface area contributed by atoms with Gasteiger partial charge in [-0.25, -0.2) is 4.98 Å². The van der Waals surface area contributed by atoms with Crippen LogP contribution in [0.3, 0.4) is 0 Å². The summed E-state index contributed by atoms with van der Waals surface area (Å²) >= 11 is 1.63. The van der Waals surface area contributed by atoms with Gasteiger partial charge in [0.15, 0.2) is 10.9 Å². The highest BCUT2D eigenvalue weighted by Gasteiger charge is 2.54. The number of anilines is 1. The highest BCUT2D eigenvalue weighted by Crippen LogP contribution is 2.34. The number of hydrogen-bond donors (Lipinski definition) is 1. The number of ketones is 1. The van der Waals surface area contributed by atoms with Crippen LogP contribution in [0.1, 0.15) is 37.6 Å². The van der Waals surface area contributed by atoms with Crippen molar-refractivity contribution in [3.63, 3.8) is 0 Å². The van der Waals surface area contributed by atoms with Crippen molar-refractivity contribution >= 4 is 34.1 Å². The molecule has 1 N–H and O–H groups in total. The van der Waals surface area contributed by atoms with Crippen LogP contribution < -0.4 is 10.2 Å². The molecule has 0 saturated carbocycles. The molecule has 43 heavy (non-hydrogen) atoms. The molecule has 5 rings (SSSR count). The summed E-state index contributed by atoms with van der Waals surface area (Å²) in [6.07, 6.45) is -0.213. The Morgan fingerprint density at radius 2 is 1.88 bits per heavy atom. The molecule has 2 amide bonds. The van der Waals surface area contributed by atoms with Gasteiger partial charge in [-0.1, -0.05) is 32.9 Å². The molecule has 0 radical (unpaired) electrons. The molecule has 3 fully saturated rings. The maximum Gasteiger partial charge on any atom is 0.251 e. The molecule has 0 spiro atoms. The number of amides is 2. The van der Waals surface area contributed by atoms with E-state index in [4.69, 9.17) is 19.2 Å². The second kappa shape index (κ2) is 13.4. The van der Waals surface area contributed by atoms with Crippen molar-refractivity contribution in [3.8, 4) is 11.3 Å². The second-order valence-electron chi connectivity index (χ2n) is 12.1. The summed E-state index contributed by atoms with van der Waals surface area (Å²) in [5, 5.41) is 6.04. The Hall–Kier alpha value is -2.90. The van der Waals surface area contributed by atoms with Crippen LogP contribution in [-0.2, 0) is 23.8 Å². The average molecular weight is 614 g/mol. The van der Waals surface area contributed by atoms with Crippen molar-refractivity contribution in [1.82, 2.24) is 20.1 Å². The first-order valence-corrected chi connectivity index (χ1v) is 15.9. The number of thiazole rings is 1. The fourth-order valence-corrected chi connectivity index (χ4v) is 6.83. The average Bonchev–Trinajstić information content (AvgIpc) is 3.76. The maximum absolute atomic E-state index is 13.9. The van der Waals surface area contributed by atoms with Gasteiger partial charge >= 0.3 is 0 Å². The van der Waals surface area contributed by atoms with Gasteiger partial charge in [0.25, 0.3) is 5.91 Å². The van der Waals surface area contributed by atoms with Gasteiger partial charge in [0.2, 0.25) is 5.91 Å². The zero-order valence-electron chi connectivity index (χ0n) is 25.7. The van der Waals surface area contributed by atoms with Crippen molar-refractivity contribution in [3.05, 3.63) is 35.2 Å². The van der Waals surface area contributed by atoms with Gasteiger partial charge in [-0.05, 0) is 24.0 Å². The van der Waals surface area contributed by atoms with Crippen LogP contribution in [0, 0.1) is 5.41 Å². The smallest absolute Gasteiger partial charge is 0.251 e. The number of nitrogens with zero attached hydrogens (tertiary/aromatic N) is 4. The number of carbonyl (C=O) groups excluding carboxylic acids is 3. The number of fused-ring (bicyclic) bond motifs is 1. The Morgan fingerprint density at radius 3 is 2.53 bits per heavy atom. The zero-order chi connectivity index (χ0) is 30.7. The molecule has 4 heterocycles. The van der Waals surface area contributed by atoms with E-state index in [1.807, 2.05) is 38.3 Å². The number of nitrogens with one attached hydrogen (secondary N) is 1. The molecule has 3 saturated heterocycles. The lowest BCUT2D eigenvalue weighted by Gasteiger charge is -2.36. The molecule has 1 aromatic carbocycles. The number of Topliss-reactive ketones (excluding diaryl/α,β-unsaturated/α-hetero) is 1. The molecule has 0 aliphatic carbocycles. The number of likely N-dealkylation sites (tertiary alicyclic amines) is 1. The van der Waals surface area contributed by atoms with Gasteiger partial charge in [0.05, 0.1) is 18.8 Å². The Morgan fingerprint density at radius 1 is 1.16 bits per heavy atom. The van der Waals surface area contributed by atoms with E-state index in [1.54, 1.807) is 42.6 Å². The third-order valence-corrected chi connectivity index (χ3v) is 10.0. The molecule has 234 valence electrons. The molecule has 0 unspecified atom stereocenters. The normalized spacial score (nSPS) is 23.5. The third kappa shape index (κ3) is 6.63. The second-order valence-corrected chi connectivity index (χ2v) is 13.0. The molecule has 0 bridgehead atoms. The molecular weight excluding hydrogens is 570 g/mol.